The largest absolute Gasteiger partial charge is 0.390 e. The maximum Gasteiger partial charge on any atom is 0.120 e. The highest BCUT2D eigenvalue weighted by atomic mass is 32.2. The van der Waals surface area contributed by atoms with Crippen LogP contribution in [0.3, 0.4) is 0 Å². The molecule has 4 N–H and O–H groups in total. The number of rotatable bonds is 4. The van der Waals surface area contributed by atoms with E-state index in [1.165, 1.54) is 0 Å². The number of nitrogens with two attached hydrogens (primary N) is 1. The molecule has 0 fully saturated rings. The first-order valence-corrected chi connectivity index (χ1v) is 4.75. The van der Waals surface area contributed by atoms with Crippen molar-refractivity contribution in [3.63, 3.8) is 0 Å². The van der Waals surface area contributed by atoms with Crippen LogP contribution in [-0.2, 0) is 6.61 Å². The molecule has 0 saturated carbocycles. The van der Waals surface area contributed by atoms with E-state index in [0.29, 0.717) is 6.54 Å². The summed E-state index contributed by atoms with van der Waals surface area (Å²) in [6.07, 6.45) is 0. The number of aliphatic hydroxyl groups excluding tert-OH is 1. The van der Waals surface area contributed by atoms with Gasteiger partial charge in [-0.25, -0.2) is 4.98 Å². The summed E-state index contributed by atoms with van der Waals surface area (Å²) in [4.78, 5) is 7.19. The van der Waals surface area contributed by atoms with E-state index in [1.54, 1.807) is 11.8 Å². The Morgan fingerprint density at radius 2 is 2.42 bits per heavy atom. The maximum absolute atomic E-state index is 8.92. The molecule has 1 rings (SSSR count). The number of nitrogens with one attached hydrogen (secondary N) is 1. The Kier molecular flexibility index (Phi) is 3.58. The van der Waals surface area contributed by atoms with Crippen LogP contribution >= 0.6 is 11.8 Å². The zero-order valence-corrected chi connectivity index (χ0v) is 7.82. The molecule has 0 unspecified atom stereocenters. The topological polar surface area (TPSA) is 74.9 Å². The highest BCUT2D eigenvalue weighted by Gasteiger charge is 2.06. The van der Waals surface area contributed by atoms with Gasteiger partial charge in [0.25, 0.3) is 0 Å². The smallest absolute Gasteiger partial charge is 0.120 e. The van der Waals surface area contributed by atoms with Crippen LogP contribution < -0.4 is 5.73 Å². The van der Waals surface area contributed by atoms with Crippen molar-refractivity contribution in [3.05, 3.63) is 11.5 Å². The third-order valence-electron chi connectivity index (χ3n) is 1.37. The molecule has 1 aromatic heterocycles. The van der Waals surface area contributed by atoms with E-state index in [9.17, 15) is 0 Å². The van der Waals surface area contributed by atoms with Crippen LogP contribution in [0.25, 0.3) is 0 Å². The van der Waals surface area contributed by atoms with Crippen LogP contribution in [0.1, 0.15) is 11.5 Å². The number of aryl methyl sites for hydroxylation is 1. The average molecular weight is 187 g/mol. The highest BCUT2D eigenvalue weighted by molar-refractivity contribution is 7.99. The number of imidazole rings is 1. The zero-order chi connectivity index (χ0) is 8.97. The van der Waals surface area contributed by atoms with E-state index >= 15 is 0 Å². The molecule has 0 spiro atoms. The molecule has 0 atom stereocenters. The SMILES string of the molecule is Cc1nc(SCCN)c(CO)[nH]1. The standard InChI is InChI=1S/C7H13N3OS/c1-5-9-6(4-11)7(10-5)12-3-2-8/h11H,2-4,8H2,1H3,(H,9,10). The Balaban J connectivity index is 2.68. The molecule has 0 amide bonds. The maximum atomic E-state index is 8.92. The molecule has 12 heavy (non-hydrogen) atoms. The number of hydrogen-bond donors (Lipinski definition) is 3. The first-order chi connectivity index (χ1) is 5.77. The van der Waals surface area contributed by atoms with Crippen molar-refractivity contribution in [3.8, 4) is 0 Å². The van der Waals surface area contributed by atoms with E-state index in [-0.39, 0.29) is 6.61 Å². The van der Waals surface area contributed by atoms with Crippen molar-refractivity contribution in [1.82, 2.24) is 9.97 Å². The third-order valence-corrected chi connectivity index (χ3v) is 2.42. The minimum Gasteiger partial charge on any atom is -0.390 e. The normalized spacial score (nSPS) is 10.6. The van der Waals surface area contributed by atoms with Gasteiger partial charge < -0.3 is 15.8 Å². The number of aromatic amines is 1. The van der Waals surface area contributed by atoms with Crippen LogP contribution in [0.15, 0.2) is 5.03 Å². The van der Waals surface area contributed by atoms with E-state index in [1.807, 2.05) is 6.92 Å². The van der Waals surface area contributed by atoms with Gasteiger partial charge in [-0.2, -0.15) is 0 Å². The van der Waals surface area contributed by atoms with E-state index in [4.69, 9.17) is 10.8 Å². The van der Waals surface area contributed by atoms with Crippen molar-refractivity contribution in [1.29, 1.82) is 0 Å². The lowest BCUT2D eigenvalue weighted by atomic mass is 10.5. The Hall–Kier alpha value is -0.520. The zero-order valence-electron chi connectivity index (χ0n) is 7.00. The Morgan fingerprint density at radius 1 is 1.67 bits per heavy atom. The summed E-state index contributed by atoms with van der Waals surface area (Å²) in [7, 11) is 0. The molecule has 1 heterocycles. The Morgan fingerprint density at radius 3 is 3.00 bits per heavy atom. The van der Waals surface area contributed by atoms with Gasteiger partial charge in [-0.1, -0.05) is 0 Å². The number of H-pyrrole nitrogens is 1. The lowest BCUT2D eigenvalue weighted by Crippen LogP contribution is -2.01. The van der Waals surface area contributed by atoms with Crippen molar-refractivity contribution in [2.75, 3.05) is 12.3 Å². The van der Waals surface area contributed by atoms with Gasteiger partial charge >= 0.3 is 0 Å². The van der Waals surface area contributed by atoms with Gasteiger partial charge in [0.15, 0.2) is 0 Å². The van der Waals surface area contributed by atoms with Crippen LogP contribution in [0.2, 0.25) is 0 Å². The van der Waals surface area contributed by atoms with Gasteiger partial charge in [-0.15, -0.1) is 11.8 Å². The predicted octanol–water partition coefficient (Wildman–Crippen LogP) is 0.261. The molecule has 0 aromatic carbocycles. The summed E-state index contributed by atoms with van der Waals surface area (Å²) in [6, 6.07) is 0. The Bertz CT molecular complexity index is 249. The first-order valence-electron chi connectivity index (χ1n) is 3.77. The molecule has 5 heteroatoms. The summed E-state index contributed by atoms with van der Waals surface area (Å²) >= 11 is 1.57. The lowest BCUT2D eigenvalue weighted by Gasteiger charge is -1.96. The Labute approximate surface area is 75.6 Å². The van der Waals surface area contributed by atoms with E-state index in [2.05, 4.69) is 9.97 Å². The van der Waals surface area contributed by atoms with Gasteiger partial charge in [0.2, 0.25) is 0 Å². The molecule has 68 valence electrons. The van der Waals surface area contributed by atoms with Gasteiger partial charge in [-0.3, -0.25) is 0 Å². The van der Waals surface area contributed by atoms with Crippen molar-refractivity contribution >= 4 is 11.8 Å². The van der Waals surface area contributed by atoms with Gasteiger partial charge in [0.1, 0.15) is 10.9 Å². The number of hydrogen-bond acceptors (Lipinski definition) is 4. The molecular weight excluding hydrogens is 174 g/mol. The van der Waals surface area contributed by atoms with Crippen molar-refractivity contribution in [2.45, 2.75) is 18.6 Å². The van der Waals surface area contributed by atoms with Gasteiger partial charge in [-0.05, 0) is 6.92 Å². The second kappa shape index (κ2) is 4.49. The molecule has 0 aliphatic rings. The van der Waals surface area contributed by atoms with Crippen molar-refractivity contribution in [2.24, 2.45) is 5.73 Å². The molecule has 0 aliphatic heterocycles. The number of thioether (sulfide) groups is 1. The molecule has 0 bridgehead atoms. The summed E-state index contributed by atoms with van der Waals surface area (Å²) in [5.41, 5.74) is 6.14. The minimum atomic E-state index is 0.00768. The summed E-state index contributed by atoms with van der Waals surface area (Å²) in [5.74, 6) is 1.66. The third kappa shape index (κ3) is 2.23. The average Bonchev–Trinajstić information content (AvgIpc) is 2.42. The second-order valence-electron chi connectivity index (χ2n) is 2.40. The molecule has 4 nitrogen and oxygen atoms in total. The summed E-state index contributed by atoms with van der Waals surface area (Å²) < 4.78 is 0. The minimum absolute atomic E-state index is 0.00768. The molecule has 0 saturated heterocycles. The van der Waals surface area contributed by atoms with Gasteiger partial charge in [0.05, 0.1) is 12.3 Å². The number of aliphatic hydroxyl groups is 1. The van der Waals surface area contributed by atoms with E-state index in [0.717, 1.165) is 22.3 Å². The molecule has 0 aliphatic carbocycles. The predicted molar refractivity (Wildman–Crippen MR) is 49.0 cm³/mol. The molecular formula is C7H13N3OS. The monoisotopic (exact) mass is 187 g/mol. The van der Waals surface area contributed by atoms with Crippen LogP contribution in [-0.4, -0.2) is 27.4 Å². The number of aromatic nitrogens is 2. The fraction of sp³-hybridized carbons (Fsp3) is 0.571. The van der Waals surface area contributed by atoms with Crippen LogP contribution in [0, 0.1) is 6.92 Å². The quantitative estimate of drug-likeness (QED) is 0.591. The van der Waals surface area contributed by atoms with Gasteiger partial charge in [0, 0.05) is 12.3 Å². The second-order valence-corrected chi connectivity index (χ2v) is 3.48. The van der Waals surface area contributed by atoms with Crippen LogP contribution in [0.5, 0.6) is 0 Å². The summed E-state index contributed by atoms with van der Waals surface area (Å²) in [5, 5.41) is 9.78. The van der Waals surface area contributed by atoms with Crippen molar-refractivity contribution < 1.29 is 5.11 Å². The fourth-order valence-corrected chi connectivity index (χ4v) is 1.70. The molecule has 1 aromatic rings. The van der Waals surface area contributed by atoms with Crippen LogP contribution in [0.4, 0.5) is 0 Å². The highest BCUT2D eigenvalue weighted by Crippen LogP contribution is 2.19. The summed E-state index contributed by atoms with van der Waals surface area (Å²) in [6.45, 7) is 2.50. The fourth-order valence-electron chi connectivity index (χ4n) is 0.902. The number of nitrogens with zero attached hydrogens (tertiary/aromatic N) is 1. The molecule has 0 radical (unpaired) electrons. The van der Waals surface area contributed by atoms with E-state index < -0.39 is 0 Å². The first kappa shape index (κ1) is 9.57. The lowest BCUT2D eigenvalue weighted by molar-refractivity contribution is 0.274.